The second kappa shape index (κ2) is 7.07. The molecule has 20 heavy (non-hydrogen) atoms. The monoisotopic (exact) mass is 279 g/mol. The summed E-state index contributed by atoms with van der Waals surface area (Å²) in [6.07, 6.45) is 2.66. The van der Waals surface area contributed by atoms with Gasteiger partial charge in [0.05, 0.1) is 6.61 Å². The summed E-state index contributed by atoms with van der Waals surface area (Å²) >= 11 is 0. The zero-order valence-electron chi connectivity index (χ0n) is 12.1. The third-order valence-electron chi connectivity index (χ3n) is 4.33. The zero-order chi connectivity index (χ0) is 14.4. The van der Waals surface area contributed by atoms with Crippen molar-refractivity contribution in [2.24, 2.45) is 5.41 Å². The van der Waals surface area contributed by atoms with E-state index in [1.807, 2.05) is 18.2 Å². The van der Waals surface area contributed by atoms with E-state index in [1.165, 1.54) is 0 Å². The van der Waals surface area contributed by atoms with Gasteiger partial charge in [-0.05, 0) is 25.3 Å². The fourth-order valence-electron chi connectivity index (χ4n) is 2.79. The molecule has 1 fully saturated rings. The molecule has 0 radical (unpaired) electrons. The summed E-state index contributed by atoms with van der Waals surface area (Å²) in [5.74, 6) is 0.330. The first kappa shape index (κ1) is 15.3. The summed E-state index contributed by atoms with van der Waals surface area (Å²) in [5.41, 5.74) is 0.839. The van der Waals surface area contributed by atoms with Crippen molar-refractivity contribution in [2.45, 2.75) is 32.2 Å². The van der Waals surface area contributed by atoms with Gasteiger partial charge in [0.2, 0.25) is 0 Å². The van der Waals surface area contributed by atoms with Crippen LogP contribution in [0.2, 0.25) is 0 Å². The van der Waals surface area contributed by atoms with E-state index in [9.17, 15) is 10.2 Å². The third-order valence-corrected chi connectivity index (χ3v) is 4.33. The normalized spacial score (nSPS) is 19.7. The van der Waals surface area contributed by atoms with Gasteiger partial charge in [0, 0.05) is 36.8 Å². The maximum atomic E-state index is 9.96. The van der Waals surface area contributed by atoms with Crippen molar-refractivity contribution in [1.82, 2.24) is 5.32 Å². The van der Waals surface area contributed by atoms with Crippen LogP contribution in [-0.4, -0.2) is 36.6 Å². The lowest BCUT2D eigenvalue weighted by Crippen LogP contribution is -2.42. The van der Waals surface area contributed by atoms with Crippen LogP contribution >= 0.6 is 0 Å². The van der Waals surface area contributed by atoms with Crippen LogP contribution in [0, 0.1) is 5.41 Å². The van der Waals surface area contributed by atoms with Crippen molar-refractivity contribution < 1.29 is 14.9 Å². The van der Waals surface area contributed by atoms with Crippen LogP contribution in [0.1, 0.15) is 37.8 Å². The summed E-state index contributed by atoms with van der Waals surface area (Å²) in [4.78, 5) is 0. The van der Waals surface area contributed by atoms with Crippen molar-refractivity contribution in [3.05, 3.63) is 29.8 Å². The Balaban J connectivity index is 2.01. The van der Waals surface area contributed by atoms with E-state index >= 15 is 0 Å². The molecule has 1 heterocycles. The van der Waals surface area contributed by atoms with E-state index < -0.39 is 0 Å². The standard InChI is InChI=1S/C16H25NO3/c1-2-14(13-5-3-4-6-15(13)19)17-11-16(12-18)7-9-20-10-8-16/h3-6,14,17-19H,2,7-12H2,1H3/t14-/m0/s1. The van der Waals surface area contributed by atoms with E-state index in [1.54, 1.807) is 6.07 Å². The predicted molar refractivity (Wildman–Crippen MR) is 78.7 cm³/mol. The van der Waals surface area contributed by atoms with Gasteiger partial charge in [0.1, 0.15) is 5.75 Å². The number of hydrogen-bond donors (Lipinski definition) is 3. The van der Waals surface area contributed by atoms with Gasteiger partial charge in [-0.3, -0.25) is 0 Å². The Bertz CT molecular complexity index is 416. The Hall–Kier alpha value is -1.10. The Morgan fingerprint density at radius 3 is 2.60 bits per heavy atom. The molecule has 4 heteroatoms. The molecular weight excluding hydrogens is 254 g/mol. The van der Waals surface area contributed by atoms with Crippen LogP contribution in [0.3, 0.4) is 0 Å². The molecule has 1 aromatic rings. The van der Waals surface area contributed by atoms with Crippen molar-refractivity contribution in [2.75, 3.05) is 26.4 Å². The summed E-state index contributed by atoms with van der Waals surface area (Å²) < 4.78 is 5.38. The largest absolute Gasteiger partial charge is 0.508 e. The highest BCUT2D eigenvalue weighted by atomic mass is 16.5. The van der Waals surface area contributed by atoms with Crippen molar-refractivity contribution in [1.29, 1.82) is 0 Å². The Morgan fingerprint density at radius 1 is 1.30 bits per heavy atom. The molecular formula is C16H25NO3. The fraction of sp³-hybridized carbons (Fsp3) is 0.625. The first-order valence-corrected chi connectivity index (χ1v) is 7.41. The van der Waals surface area contributed by atoms with Crippen LogP contribution in [0.25, 0.3) is 0 Å². The van der Waals surface area contributed by atoms with Crippen molar-refractivity contribution in [3.8, 4) is 5.75 Å². The molecule has 4 nitrogen and oxygen atoms in total. The molecule has 0 saturated carbocycles. The Labute approximate surface area is 120 Å². The molecule has 0 spiro atoms. The summed E-state index contributed by atoms with van der Waals surface area (Å²) in [6.45, 7) is 4.46. The summed E-state index contributed by atoms with van der Waals surface area (Å²) in [5, 5.41) is 23.2. The number of phenols is 1. The number of phenolic OH excluding ortho intramolecular Hbond substituents is 1. The highest BCUT2D eigenvalue weighted by Gasteiger charge is 2.32. The van der Waals surface area contributed by atoms with Gasteiger partial charge in [-0.15, -0.1) is 0 Å². The second-order valence-electron chi connectivity index (χ2n) is 5.67. The molecule has 3 N–H and O–H groups in total. The molecule has 0 unspecified atom stereocenters. The minimum atomic E-state index is -0.0872. The lowest BCUT2D eigenvalue weighted by Gasteiger charge is -2.37. The topological polar surface area (TPSA) is 61.7 Å². The van der Waals surface area contributed by atoms with E-state index in [0.29, 0.717) is 5.75 Å². The number of aliphatic hydroxyl groups excluding tert-OH is 1. The lowest BCUT2D eigenvalue weighted by molar-refractivity contribution is -0.0166. The van der Waals surface area contributed by atoms with Gasteiger partial charge in [-0.1, -0.05) is 25.1 Å². The first-order chi connectivity index (χ1) is 9.71. The smallest absolute Gasteiger partial charge is 0.120 e. The predicted octanol–water partition coefficient (Wildman–Crippen LogP) is 2.22. The number of hydrogen-bond acceptors (Lipinski definition) is 4. The Kier molecular flexibility index (Phi) is 5.40. The minimum Gasteiger partial charge on any atom is -0.508 e. The van der Waals surface area contributed by atoms with Gasteiger partial charge in [-0.25, -0.2) is 0 Å². The second-order valence-corrected chi connectivity index (χ2v) is 5.67. The minimum absolute atomic E-state index is 0.0872. The number of aromatic hydroxyl groups is 1. The fourth-order valence-corrected chi connectivity index (χ4v) is 2.79. The van der Waals surface area contributed by atoms with Crippen molar-refractivity contribution in [3.63, 3.8) is 0 Å². The average Bonchev–Trinajstić information content (AvgIpc) is 2.50. The molecule has 0 aliphatic carbocycles. The van der Waals surface area contributed by atoms with E-state index in [0.717, 1.165) is 44.6 Å². The molecule has 112 valence electrons. The third kappa shape index (κ3) is 3.51. The molecule has 1 aromatic carbocycles. The number of ether oxygens (including phenoxy) is 1. The maximum Gasteiger partial charge on any atom is 0.120 e. The lowest BCUT2D eigenvalue weighted by atomic mass is 9.80. The number of rotatable bonds is 6. The van der Waals surface area contributed by atoms with E-state index in [2.05, 4.69) is 12.2 Å². The van der Waals surface area contributed by atoms with Gasteiger partial charge in [-0.2, -0.15) is 0 Å². The van der Waals surface area contributed by atoms with Gasteiger partial charge in [0.25, 0.3) is 0 Å². The summed E-state index contributed by atoms with van der Waals surface area (Å²) in [6, 6.07) is 7.55. The molecule has 2 rings (SSSR count). The van der Waals surface area contributed by atoms with Gasteiger partial charge < -0.3 is 20.3 Å². The molecule has 1 aliphatic heterocycles. The van der Waals surface area contributed by atoms with E-state index in [-0.39, 0.29) is 18.1 Å². The highest BCUT2D eigenvalue weighted by Crippen LogP contribution is 2.31. The quantitative estimate of drug-likeness (QED) is 0.747. The number of para-hydroxylation sites is 1. The highest BCUT2D eigenvalue weighted by molar-refractivity contribution is 5.34. The molecule has 0 amide bonds. The molecule has 1 aliphatic rings. The maximum absolute atomic E-state index is 9.96. The van der Waals surface area contributed by atoms with Gasteiger partial charge in [0.15, 0.2) is 0 Å². The van der Waals surface area contributed by atoms with Gasteiger partial charge >= 0.3 is 0 Å². The molecule has 0 aromatic heterocycles. The van der Waals surface area contributed by atoms with Crippen LogP contribution in [0.15, 0.2) is 24.3 Å². The number of benzene rings is 1. The molecule has 0 bridgehead atoms. The Morgan fingerprint density at radius 2 is 2.00 bits per heavy atom. The average molecular weight is 279 g/mol. The van der Waals surface area contributed by atoms with Crippen LogP contribution in [0.4, 0.5) is 0 Å². The number of nitrogens with one attached hydrogen (secondary N) is 1. The van der Waals surface area contributed by atoms with Crippen molar-refractivity contribution >= 4 is 0 Å². The first-order valence-electron chi connectivity index (χ1n) is 7.41. The summed E-state index contributed by atoms with van der Waals surface area (Å²) in [7, 11) is 0. The van der Waals surface area contributed by atoms with Crippen LogP contribution in [-0.2, 0) is 4.74 Å². The molecule has 1 atom stereocenters. The SMILES string of the molecule is CC[C@H](NCC1(CO)CCOCC1)c1ccccc1O. The van der Waals surface area contributed by atoms with E-state index in [4.69, 9.17) is 4.74 Å². The number of aliphatic hydroxyl groups is 1. The van der Waals surface area contributed by atoms with Crippen LogP contribution in [0.5, 0.6) is 5.75 Å². The molecule has 1 saturated heterocycles. The van der Waals surface area contributed by atoms with Crippen LogP contribution < -0.4 is 5.32 Å². The zero-order valence-corrected chi connectivity index (χ0v) is 12.1.